The summed E-state index contributed by atoms with van der Waals surface area (Å²) >= 11 is 0. The Balaban J connectivity index is 0.000000233. The summed E-state index contributed by atoms with van der Waals surface area (Å²) in [5, 5.41) is 45.9. The van der Waals surface area contributed by atoms with Crippen molar-refractivity contribution in [3.05, 3.63) is 181 Å². The van der Waals surface area contributed by atoms with E-state index in [1.54, 1.807) is 60.9 Å². The van der Waals surface area contributed by atoms with Gasteiger partial charge in [0, 0.05) is 72.2 Å². The molecule has 1 saturated heterocycles. The number of aliphatic carboxylic acids is 1. The third-order valence-corrected chi connectivity index (χ3v) is 13.7. The van der Waals surface area contributed by atoms with Crippen LogP contribution in [0.5, 0.6) is 0 Å². The molecule has 82 heavy (non-hydrogen) atoms. The Hall–Kier alpha value is -8.78. The van der Waals surface area contributed by atoms with Gasteiger partial charge in [-0.1, -0.05) is 71.5 Å². The molecule has 17 nitrogen and oxygen atoms in total. The van der Waals surface area contributed by atoms with E-state index in [-0.39, 0.29) is 62.7 Å². The number of anilines is 2. The summed E-state index contributed by atoms with van der Waals surface area (Å²) in [6.45, 7) is 8.55. The number of aliphatic hydroxyl groups excluding tert-OH is 3. The third kappa shape index (κ3) is 15.0. The van der Waals surface area contributed by atoms with E-state index in [0.29, 0.717) is 92.6 Å². The molecule has 4 atom stereocenters. The minimum Gasteiger partial charge on any atom is -0.481 e. The SMILES string of the molecule is C.CC(C)c1c(C(=O)Nc2ccccc2)c(-c2ccncn2)c(-c2ccc(F)cc2)n1CC[C@@H](O)C[C@@H](O)CC(=O)O.CC(C)c1c(C(=O)Nc2ccccc2)c(-c2ccncn2)c(-c2ccc(F)cc2)n1CC[C@@H]1C[C@@H](O)CC(=O)O1. The van der Waals surface area contributed by atoms with Crippen molar-refractivity contribution in [2.24, 2.45) is 0 Å². The molecule has 4 aromatic carbocycles. The molecule has 1 aliphatic heterocycles. The van der Waals surface area contributed by atoms with E-state index in [1.165, 1.54) is 36.9 Å². The highest BCUT2D eigenvalue weighted by Crippen LogP contribution is 2.44. The molecular formula is C63H68F2N8O9. The first-order valence-corrected chi connectivity index (χ1v) is 26.7. The standard InChI is InChI=1S/C31H33FN4O5.C31H31FN4O4.CH4/c1-19(2)29-28(31(41)35-22-6-4-3-5-7-22)27(25-12-14-33-18-34-25)30(20-8-10-21(32)11-9-20)36(29)15-13-23(37)16-24(38)17-26(39)40;1-19(2)29-28(31(39)35-22-6-4-3-5-7-22)27(25-12-14-33-18-34-25)30(20-8-10-21(32)11-9-20)36(29)15-13-24-16-23(37)17-26(38)40-24;/h3-12,14,18-19,23-24,37-38H,13,15-17H2,1-2H3,(H,35,41)(H,39,40);3-12,14,18-19,23-24,37H,13,15-17H2,1-2H3,(H,35,39);1H4/t2*23-,24-;/m11./s1. The van der Waals surface area contributed by atoms with Gasteiger partial charge in [-0.25, -0.2) is 28.7 Å². The largest absolute Gasteiger partial charge is 0.481 e. The summed E-state index contributed by atoms with van der Waals surface area (Å²) in [5.41, 5.74) is 8.40. The number of carboxylic acids is 1. The fourth-order valence-electron chi connectivity index (χ4n) is 10.3. The number of hydrogen-bond donors (Lipinski definition) is 6. The van der Waals surface area contributed by atoms with Crippen LogP contribution in [0.4, 0.5) is 20.2 Å². The molecule has 9 rings (SSSR count). The molecule has 0 unspecified atom stereocenters. The maximum absolute atomic E-state index is 14.0. The number of carboxylic acid groups (broad SMARTS) is 1. The summed E-state index contributed by atoms with van der Waals surface area (Å²) in [5.74, 6) is -3.27. The lowest BCUT2D eigenvalue weighted by Gasteiger charge is -2.27. The first-order chi connectivity index (χ1) is 39.0. The van der Waals surface area contributed by atoms with Crippen molar-refractivity contribution in [3.8, 4) is 45.0 Å². The molecule has 8 aromatic rings. The van der Waals surface area contributed by atoms with Crippen molar-refractivity contribution in [2.75, 3.05) is 10.6 Å². The van der Waals surface area contributed by atoms with Crippen LogP contribution in [0.15, 0.2) is 146 Å². The van der Waals surface area contributed by atoms with Gasteiger partial charge in [0.2, 0.25) is 0 Å². The highest BCUT2D eigenvalue weighted by Gasteiger charge is 2.35. The molecule has 0 bridgehead atoms. The van der Waals surface area contributed by atoms with Gasteiger partial charge in [-0.05, 0) is 121 Å². The van der Waals surface area contributed by atoms with Crippen LogP contribution in [0.3, 0.4) is 0 Å². The molecule has 0 spiro atoms. The van der Waals surface area contributed by atoms with Gasteiger partial charge >= 0.3 is 11.9 Å². The van der Waals surface area contributed by atoms with E-state index < -0.39 is 48.6 Å². The summed E-state index contributed by atoms with van der Waals surface area (Å²) in [4.78, 5) is 68.1. The van der Waals surface area contributed by atoms with Gasteiger partial charge in [0.15, 0.2) is 0 Å². The molecular weight excluding hydrogens is 1050 g/mol. The summed E-state index contributed by atoms with van der Waals surface area (Å²) in [6.07, 6.45) is 2.93. The molecule has 19 heteroatoms. The zero-order chi connectivity index (χ0) is 57.7. The van der Waals surface area contributed by atoms with Gasteiger partial charge in [-0.15, -0.1) is 0 Å². The molecule has 2 amide bonds. The first-order valence-electron chi connectivity index (χ1n) is 26.7. The van der Waals surface area contributed by atoms with E-state index in [0.717, 1.165) is 5.69 Å². The number of rotatable bonds is 20. The minimum atomic E-state index is -1.20. The molecule has 6 N–H and O–H groups in total. The van der Waals surface area contributed by atoms with Gasteiger partial charge in [-0.2, -0.15) is 0 Å². The quantitative estimate of drug-likeness (QED) is 0.0390. The molecule has 1 fully saturated rings. The van der Waals surface area contributed by atoms with Crippen molar-refractivity contribution in [3.63, 3.8) is 0 Å². The fraction of sp³-hybridized carbons (Fsp3) is 0.302. The van der Waals surface area contributed by atoms with Crippen LogP contribution in [0, 0.1) is 11.6 Å². The number of ether oxygens (including phenoxy) is 1. The molecule has 428 valence electrons. The smallest absolute Gasteiger partial charge is 0.308 e. The zero-order valence-electron chi connectivity index (χ0n) is 45.2. The van der Waals surface area contributed by atoms with Crippen molar-refractivity contribution in [2.45, 2.75) is 123 Å². The number of cyclic esters (lactones) is 1. The predicted octanol–water partition coefficient (Wildman–Crippen LogP) is 11.3. The van der Waals surface area contributed by atoms with Crippen molar-refractivity contribution >= 4 is 35.1 Å². The van der Waals surface area contributed by atoms with Crippen LogP contribution in [0.25, 0.3) is 45.0 Å². The van der Waals surface area contributed by atoms with Crippen LogP contribution in [0.1, 0.15) is 118 Å². The van der Waals surface area contributed by atoms with Crippen LogP contribution in [-0.2, 0) is 27.4 Å². The predicted molar refractivity (Wildman–Crippen MR) is 309 cm³/mol. The Labute approximate surface area is 474 Å². The number of esters is 1. The molecule has 0 radical (unpaired) electrons. The second-order valence-electron chi connectivity index (χ2n) is 20.3. The van der Waals surface area contributed by atoms with E-state index in [4.69, 9.17) is 9.84 Å². The Morgan fingerprint density at radius 2 is 1.11 bits per heavy atom. The summed E-state index contributed by atoms with van der Waals surface area (Å²) < 4.78 is 37.5. The second kappa shape index (κ2) is 28.1. The number of carbonyl (C=O) groups excluding carboxylic acids is 3. The van der Waals surface area contributed by atoms with Gasteiger partial charge in [0.25, 0.3) is 11.8 Å². The Morgan fingerprint density at radius 3 is 1.51 bits per heavy atom. The number of nitrogens with zero attached hydrogens (tertiary/aromatic N) is 6. The van der Waals surface area contributed by atoms with E-state index in [9.17, 15) is 43.3 Å². The summed E-state index contributed by atoms with van der Waals surface area (Å²) in [6, 6.07) is 33.8. The van der Waals surface area contributed by atoms with E-state index >= 15 is 0 Å². The second-order valence-corrected chi connectivity index (χ2v) is 20.3. The number of amides is 2. The number of para-hydroxylation sites is 2. The van der Waals surface area contributed by atoms with Crippen LogP contribution >= 0.6 is 0 Å². The average Bonchev–Trinajstić information content (AvgIpc) is 4.15. The normalized spacial score (nSPS) is 14.7. The molecule has 0 aliphatic carbocycles. The Morgan fingerprint density at radius 1 is 0.659 bits per heavy atom. The molecule has 0 saturated carbocycles. The topological polar surface area (TPSA) is 244 Å². The Bertz CT molecular complexity index is 3420. The average molecular weight is 1120 g/mol. The van der Waals surface area contributed by atoms with Crippen molar-refractivity contribution < 1.29 is 53.1 Å². The van der Waals surface area contributed by atoms with Gasteiger partial charge in [0.05, 0.1) is 65.1 Å². The van der Waals surface area contributed by atoms with Gasteiger partial charge in [-0.3, -0.25) is 19.2 Å². The number of aromatic nitrogens is 6. The first kappa shape index (κ1) is 60.9. The maximum Gasteiger partial charge on any atom is 0.308 e. The number of aliphatic hydroxyl groups is 3. The monoisotopic (exact) mass is 1120 g/mol. The van der Waals surface area contributed by atoms with Crippen LogP contribution in [-0.4, -0.2) is 97.7 Å². The lowest BCUT2D eigenvalue weighted by atomic mass is 9.97. The Kier molecular flexibility index (Phi) is 20.8. The summed E-state index contributed by atoms with van der Waals surface area (Å²) in [7, 11) is 0. The molecule has 1 aliphatic rings. The number of benzene rings is 4. The maximum atomic E-state index is 14.0. The number of halogens is 2. The molecule has 5 heterocycles. The number of nitrogens with one attached hydrogen (secondary N) is 2. The third-order valence-electron chi connectivity index (χ3n) is 13.7. The van der Waals surface area contributed by atoms with Gasteiger partial charge in [0.1, 0.15) is 30.4 Å². The number of hydrogen-bond acceptors (Lipinski definition) is 12. The van der Waals surface area contributed by atoms with Crippen LogP contribution < -0.4 is 10.6 Å². The highest BCUT2D eigenvalue weighted by atomic mass is 19.1. The minimum absolute atomic E-state index is 0. The molecule has 4 aromatic heterocycles. The van der Waals surface area contributed by atoms with Crippen molar-refractivity contribution in [1.29, 1.82) is 0 Å². The number of carbonyl (C=O) groups is 4. The van der Waals surface area contributed by atoms with Crippen molar-refractivity contribution in [1.82, 2.24) is 29.1 Å². The lowest BCUT2D eigenvalue weighted by Crippen LogP contribution is -2.33. The van der Waals surface area contributed by atoms with E-state index in [1.807, 2.05) is 85.4 Å². The highest BCUT2D eigenvalue weighted by molar-refractivity contribution is 6.13. The lowest BCUT2D eigenvalue weighted by molar-refractivity contribution is -0.160. The van der Waals surface area contributed by atoms with Crippen LogP contribution in [0.2, 0.25) is 0 Å². The van der Waals surface area contributed by atoms with Gasteiger partial charge < -0.3 is 44.9 Å². The fourth-order valence-corrected chi connectivity index (χ4v) is 10.3. The van der Waals surface area contributed by atoms with E-state index in [2.05, 4.69) is 30.6 Å². The zero-order valence-corrected chi connectivity index (χ0v) is 45.2.